The van der Waals surface area contributed by atoms with Crippen molar-refractivity contribution < 1.29 is 14.7 Å². The summed E-state index contributed by atoms with van der Waals surface area (Å²) in [5.41, 5.74) is -0.863. The quantitative estimate of drug-likeness (QED) is 0.660. The Balaban J connectivity index is 2.43. The number of rotatable bonds is 5. The van der Waals surface area contributed by atoms with E-state index in [1.807, 2.05) is 6.92 Å². The van der Waals surface area contributed by atoms with E-state index in [1.165, 1.54) is 0 Å². The van der Waals surface area contributed by atoms with Gasteiger partial charge in [-0.3, -0.25) is 9.59 Å². The molecule has 0 aromatic carbocycles. The molecule has 0 aromatic rings. The van der Waals surface area contributed by atoms with Gasteiger partial charge in [0.15, 0.2) is 0 Å². The lowest BCUT2D eigenvalue weighted by Gasteiger charge is -2.26. The molecule has 0 radical (unpaired) electrons. The van der Waals surface area contributed by atoms with Gasteiger partial charge in [0.05, 0.1) is 11.3 Å². The van der Waals surface area contributed by atoms with Crippen LogP contribution in [0.5, 0.6) is 0 Å². The highest BCUT2D eigenvalue weighted by molar-refractivity contribution is 5.80. The third-order valence-electron chi connectivity index (χ3n) is 3.62. The van der Waals surface area contributed by atoms with Gasteiger partial charge in [-0.05, 0) is 32.7 Å². The van der Waals surface area contributed by atoms with Crippen molar-refractivity contribution in [3.63, 3.8) is 0 Å². The Morgan fingerprint density at radius 3 is 2.71 bits per heavy atom. The molecule has 0 bridgehead atoms. The molecule has 98 valence electrons. The normalized spacial score (nSPS) is 23.8. The Bertz CT molecular complexity index is 287. The van der Waals surface area contributed by atoms with Crippen LogP contribution in [-0.4, -0.2) is 36.6 Å². The summed E-state index contributed by atoms with van der Waals surface area (Å²) in [5.74, 6) is -0.904. The Morgan fingerprint density at radius 2 is 2.24 bits per heavy atom. The van der Waals surface area contributed by atoms with Crippen LogP contribution in [0.2, 0.25) is 0 Å². The molecule has 1 aliphatic heterocycles. The lowest BCUT2D eigenvalue weighted by atomic mass is 9.87. The maximum absolute atomic E-state index is 11.8. The second-order valence-electron chi connectivity index (χ2n) is 4.98. The van der Waals surface area contributed by atoms with E-state index >= 15 is 0 Å². The zero-order valence-electron chi connectivity index (χ0n) is 10.6. The Morgan fingerprint density at radius 1 is 1.53 bits per heavy atom. The number of hydrogen-bond acceptors (Lipinski definition) is 3. The van der Waals surface area contributed by atoms with E-state index in [2.05, 4.69) is 10.6 Å². The highest BCUT2D eigenvalue weighted by Gasteiger charge is 2.32. The van der Waals surface area contributed by atoms with E-state index < -0.39 is 11.4 Å². The summed E-state index contributed by atoms with van der Waals surface area (Å²) in [7, 11) is 0. The predicted molar refractivity (Wildman–Crippen MR) is 64.6 cm³/mol. The molecule has 3 N–H and O–H groups in total. The summed E-state index contributed by atoms with van der Waals surface area (Å²) in [6, 6.07) is 0. The van der Waals surface area contributed by atoms with Gasteiger partial charge in [0.1, 0.15) is 0 Å². The molecule has 1 saturated heterocycles. The fourth-order valence-electron chi connectivity index (χ4n) is 1.85. The third-order valence-corrected chi connectivity index (χ3v) is 3.62. The van der Waals surface area contributed by atoms with Crippen molar-refractivity contribution in [3.05, 3.63) is 0 Å². The summed E-state index contributed by atoms with van der Waals surface area (Å²) in [6.07, 6.45) is 2.39. The van der Waals surface area contributed by atoms with Crippen LogP contribution < -0.4 is 10.6 Å². The van der Waals surface area contributed by atoms with E-state index in [9.17, 15) is 9.59 Å². The maximum atomic E-state index is 11.8. The van der Waals surface area contributed by atoms with Gasteiger partial charge in [-0.15, -0.1) is 0 Å². The van der Waals surface area contributed by atoms with Gasteiger partial charge >= 0.3 is 5.97 Å². The van der Waals surface area contributed by atoms with Crippen molar-refractivity contribution in [2.24, 2.45) is 11.3 Å². The fourth-order valence-corrected chi connectivity index (χ4v) is 1.85. The van der Waals surface area contributed by atoms with Crippen molar-refractivity contribution in [2.45, 2.75) is 33.1 Å². The standard InChI is InChI=1S/C12H22N2O3/c1-3-12(2,11(16)17)8-14-10(15)9-5-4-6-13-7-9/h9,13H,3-8H2,1-2H3,(H,14,15)(H,16,17)/t9-,12?/m0/s1. The van der Waals surface area contributed by atoms with Crippen molar-refractivity contribution in [2.75, 3.05) is 19.6 Å². The number of carbonyl (C=O) groups excluding carboxylic acids is 1. The smallest absolute Gasteiger partial charge is 0.311 e. The van der Waals surface area contributed by atoms with Gasteiger partial charge in [0, 0.05) is 13.1 Å². The monoisotopic (exact) mass is 242 g/mol. The molecule has 1 aliphatic rings. The molecule has 2 atom stereocenters. The molecular weight excluding hydrogens is 220 g/mol. The average Bonchev–Trinajstić information content (AvgIpc) is 2.36. The van der Waals surface area contributed by atoms with Crippen molar-refractivity contribution >= 4 is 11.9 Å². The molecule has 1 amide bonds. The zero-order valence-corrected chi connectivity index (χ0v) is 10.6. The molecule has 0 spiro atoms. The first-order valence-electron chi connectivity index (χ1n) is 6.21. The largest absolute Gasteiger partial charge is 0.481 e. The SMILES string of the molecule is CCC(C)(CNC(=O)[C@H]1CCCNC1)C(=O)O. The van der Waals surface area contributed by atoms with Crippen LogP contribution in [0.15, 0.2) is 0 Å². The topological polar surface area (TPSA) is 78.4 Å². The highest BCUT2D eigenvalue weighted by atomic mass is 16.4. The van der Waals surface area contributed by atoms with Gasteiger partial charge < -0.3 is 15.7 Å². The van der Waals surface area contributed by atoms with Crippen LogP contribution in [-0.2, 0) is 9.59 Å². The lowest BCUT2D eigenvalue weighted by Crippen LogP contribution is -2.45. The van der Waals surface area contributed by atoms with Crippen molar-refractivity contribution in [1.29, 1.82) is 0 Å². The Labute approximate surface area is 102 Å². The summed E-state index contributed by atoms with van der Waals surface area (Å²) in [4.78, 5) is 22.9. The minimum atomic E-state index is -0.863. The first-order chi connectivity index (χ1) is 7.99. The average molecular weight is 242 g/mol. The fraction of sp³-hybridized carbons (Fsp3) is 0.833. The zero-order chi connectivity index (χ0) is 12.9. The van der Waals surface area contributed by atoms with Gasteiger partial charge in [-0.25, -0.2) is 0 Å². The summed E-state index contributed by atoms with van der Waals surface area (Å²) in [5, 5.41) is 15.0. The van der Waals surface area contributed by atoms with E-state index in [0.29, 0.717) is 13.0 Å². The van der Waals surface area contributed by atoms with Crippen LogP contribution in [0.25, 0.3) is 0 Å². The number of piperidine rings is 1. The predicted octanol–water partition coefficient (Wildman–Crippen LogP) is 0.603. The Hall–Kier alpha value is -1.10. The molecule has 0 saturated carbocycles. The number of aliphatic carboxylic acids is 1. The van der Waals surface area contributed by atoms with Gasteiger partial charge in [-0.2, -0.15) is 0 Å². The van der Waals surface area contributed by atoms with Crippen LogP contribution in [0, 0.1) is 11.3 Å². The third kappa shape index (κ3) is 3.70. The van der Waals surface area contributed by atoms with Crippen LogP contribution >= 0.6 is 0 Å². The molecule has 1 rings (SSSR count). The van der Waals surface area contributed by atoms with Gasteiger partial charge in [0.2, 0.25) is 5.91 Å². The lowest BCUT2D eigenvalue weighted by molar-refractivity contribution is -0.148. The molecule has 0 aromatic heterocycles. The second kappa shape index (κ2) is 6.00. The molecular formula is C12H22N2O3. The first-order valence-corrected chi connectivity index (χ1v) is 6.21. The van der Waals surface area contributed by atoms with Gasteiger partial charge in [0.25, 0.3) is 0 Å². The van der Waals surface area contributed by atoms with E-state index in [0.717, 1.165) is 19.4 Å². The van der Waals surface area contributed by atoms with Crippen molar-refractivity contribution in [1.82, 2.24) is 10.6 Å². The summed E-state index contributed by atoms with van der Waals surface area (Å²) >= 11 is 0. The Kier molecular flexibility index (Phi) is 4.93. The van der Waals surface area contributed by atoms with Crippen LogP contribution in [0.3, 0.4) is 0 Å². The molecule has 1 fully saturated rings. The van der Waals surface area contributed by atoms with Crippen LogP contribution in [0.4, 0.5) is 0 Å². The number of amides is 1. The molecule has 1 heterocycles. The highest BCUT2D eigenvalue weighted by Crippen LogP contribution is 2.20. The van der Waals surface area contributed by atoms with E-state index in [1.54, 1.807) is 6.92 Å². The molecule has 1 unspecified atom stereocenters. The second-order valence-corrected chi connectivity index (χ2v) is 4.98. The number of carbonyl (C=O) groups is 2. The molecule has 0 aliphatic carbocycles. The number of hydrogen-bond donors (Lipinski definition) is 3. The number of nitrogens with one attached hydrogen (secondary N) is 2. The minimum absolute atomic E-state index is 0.0151. The van der Waals surface area contributed by atoms with E-state index in [4.69, 9.17) is 5.11 Å². The summed E-state index contributed by atoms with van der Waals surface area (Å²) < 4.78 is 0. The summed E-state index contributed by atoms with van der Waals surface area (Å²) in [6.45, 7) is 5.35. The number of carboxylic acid groups (broad SMARTS) is 1. The van der Waals surface area contributed by atoms with Crippen molar-refractivity contribution in [3.8, 4) is 0 Å². The molecule has 17 heavy (non-hydrogen) atoms. The molecule has 5 nitrogen and oxygen atoms in total. The van der Waals surface area contributed by atoms with Crippen LogP contribution in [0.1, 0.15) is 33.1 Å². The number of carboxylic acids is 1. The maximum Gasteiger partial charge on any atom is 0.311 e. The minimum Gasteiger partial charge on any atom is -0.481 e. The molecule has 5 heteroatoms. The first kappa shape index (κ1) is 14.0. The van der Waals surface area contributed by atoms with E-state index in [-0.39, 0.29) is 18.4 Å². The van der Waals surface area contributed by atoms with Gasteiger partial charge in [-0.1, -0.05) is 6.92 Å².